The van der Waals surface area contributed by atoms with Gasteiger partial charge in [-0.3, -0.25) is 0 Å². The van der Waals surface area contributed by atoms with Gasteiger partial charge in [-0.2, -0.15) is 4.31 Å². The van der Waals surface area contributed by atoms with Crippen LogP contribution in [-0.2, 0) is 10.0 Å². The predicted molar refractivity (Wildman–Crippen MR) is 115 cm³/mol. The number of aliphatic hydroxyl groups is 1. The molecule has 2 aromatic rings. The average Bonchev–Trinajstić information content (AvgIpc) is 2.75. The Labute approximate surface area is 178 Å². The van der Waals surface area contributed by atoms with Crippen molar-refractivity contribution in [3.8, 4) is 17.6 Å². The summed E-state index contributed by atoms with van der Waals surface area (Å²) in [5.41, 5.74) is 1.26. The molecule has 1 aromatic heterocycles. The smallest absolute Gasteiger partial charge is 0.247 e. The number of hydrogen-bond donors (Lipinski definition) is 2. The van der Waals surface area contributed by atoms with Crippen LogP contribution in [0.5, 0.6) is 5.75 Å². The van der Waals surface area contributed by atoms with E-state index in [1.54, 1.807) is 31.3 Å². The minimum atomic E-state index is -3.84. The standard InChI is InChI=1S/C22H27N3O4S/c1-16-14-25(17(2)15-26)30(27,28)22-10-8-18(7-9-19-6-4-5-11-24-19)12-20(22)29-21(16)13-23-3/h4-6,8,10-12,16-17,21,23,26H,13-15H2,1-3H3/t16-,17-,21-/m1/s1. The lowest BCUT2D eigenvalue weighted by atomic mass is 10.0. The highest BCUT2D eigenvalue weighted by molar-refractivity contribution is 7.89. The molecule has 1 aliphatic heterocycles. The van der Waals surface area contributed by atoms with Crippen molar-refractivity contribution in [3.63, 3.8) is 0 Å². The van der Waals surface area contributed by atoms with Gasteiger partial charge in [-0.05, 0) is 50.2 Å². The molecule has 0 saturated heterocycles. The summed E-state index contributed by atoms with van der Waals surface area (Å²) in [5.74, 6) is 6.18. The lowest BCUT2D eigenvalue weighted by molar-refractivity contribution is 0.103. The van der Waals surface area contributed by atoms with Crippen LogP contribution in [0.25, 0.3) is 0 Å². The summed E-state index contributed by atoms with van der Waals surface area (Å²) < 4.78 is 34.2. The third-order valence-corrected chi connectivity index (χ3v) is 7.09. The summed E-state index contributed by atoms with van der Waals surface area (Å²) >= 11 is 0. The molecule has 0 amide bonds. The van der Waals surface area contributed by atoms with E-state index in [4.69, 9.17) is 4.74 Å². The van der Waals surface area contributed by atoms with Crippen molar-refractivity contribution in [1.82, 2.24) is 14.6 Å². The number of benzene rings is 1. The number of aromatic nitrogens is 1. The highest BCUT2D eigenvalue weighted by Crippen LogP contribution is 2.33. The van der Waals surface area contributed by atoms with E-state index < -0.39 is 16.1 Å². The summed E-state index contributed by atoms with van der Waals surface area (Å²) in [7, 11) is -2.01. The molecular weight excluding hydrogens is 402 g/mol. The molecule has 2 heterocycles. The van der Waals surface area contributed by atoms with Crippen LogP contribution in [0.1, 0.15) is 25.1 Å². The number of hydrogen-bond acceptors (Lipinski definition) is 6. The summed E-state index contributed by atoms with van der Waals surface area (Å²) in [6.07, 6.45) is 1.43. The van der Waals surface area contributed by atoms with E-state index in [1.165, 1.54) is 10.4 Å². The normalized spacial score (nSPS) is 21.9. The Morgan fingerprint density at radius 2 is 2.13 bits per heavy atom. The van der Waals surface area contributed by atoms with E-state index in [1.807, 2.05) is 26.1 Å². The Balaban J connectivity index is 2.07. The van der Waals surface area contributed by atoms with Gasteiger partial charge >= 0.3 is 0 Å². The topological polar surface area (TPSA) is 91.8 Å². The van der Waals surface area contributed by atoms with Crippen LogP contribution in [0.4, 0.5) is 0 Å². The number of nitrogens with one attached hydrogen (secondary N) is 1. The molecule has 3 rings (SSSR count). The van der Waals surface area contributed by atoms with E-state index in [0.29, 0.717) is 17.8 Å². The first kappa shape index (κ1) is 22.2. The van der Waals surface area contributed by atoms with Gasteiger partial charge in [0.15, 0.2) is 0 Å². The fourth-order valence-corrected chi connectivity index (χ4v) is 5.15. The van der Waals surface area contributed by atoms with Crippen molar-refractivity contribution in [2.75, 3.05) is 26.7 Å². The number of likely N-dealkylation sites (N-methyl/N-ethyl adjacent to an activating group) is 1. The molecule has 0 bridgehead atoms. The molecule has 7 nitrogen and oxygen atoms in total. The molecule has 0 saturated carbocycles. The van der Waals surface area contributed by atoms with Gasteiger partial charge in [0.1, 0.15) is 22.4 Å². The molecule has 160 valence electrons. The Kier molecular flexibility index (Phi) is 7.10. The molecule has 2 N–H and O–H groups in total. The molecule has 3 atom stereocenters. The van der Waals surface area contributed by atoms with Crippen molar-refractivity contribution in [1.29, 1.82) is 0 Å². The lowest BCUT2D eigenvalue weighted by Gasteiger charge is -2.36. The summed E-state index contributed by atoms with van der Waals surface area (Å²) in [5, 5.41) is 12.7. The van der Waals surface area contributed by atoms with Crippen LogP contribution in [0.15, 0.2) is 47.5 Å². The fourth-order valence-electron chi connectivity index (χ4n) is 3.32. The minimum absolute atomic E-state index is 0.0826. The second kappa shape index (κ2) is 9.58. The van der Waals surface area contributed by atoms with Crippen molar-refractivity contribution < 1.29 is 18.3 Å². The maximum absolute atomic E-state index is 13.4. The molecule has 30 heavy (non-hydrogen) atoms. The highest BCUT2D eigenvalue weighted by atomic mass is 32.2. The highest BCUT2D eigenvalue weighted by Gasteiger charge is 2.37. The van der Waals surface area contributed by atoms with Crippen molar-refractivity contribution in [3.05, 3.63) is 53.9 Å². The Morgan fingerprint density at radius 3 is 2.80 bits per heavy atom. The molecule has 1 aliphatic rings. The first-order valence-electron chi connectivity index (χ1n) is 9.88. The number of sulfonamides is 1. The third-order valence-electron chi connectivity index (χ3n) is 5.07. The minimum Gasteiger partial charge on any atom is -0.487 e. The Bertz CT molecular complexity index is 1030. The monoisotopic (exact) mass is 429 g/mol. The van der Waals surface area contributed by atoms with Gasteiger partial charge in [0.25, 0.3) is 0 Å². The number of rotatable bonds is 4. The first-order valence-corrected chi connectivity index (χ1v) is 11.3. The zero-order chi connectivity index (χ0) is 21.7. The Morgan fingerprint density at radius 1 is 1.33 bits per heavy atom. The van der Waals surface area contributed by atoms with Crippen LogP contribution >= 0.6 is 0 Å². The number of nitrogens with zero attached hydrogens (tertiary/aromatic N) is 2. The van der Waals surface area contributed by atoms with E-state index in [9.17, 15) is 13.5 Å². The summed E-state index contributed by atoms with van der Waals surface area (Å²) in [6, 6.07) is 9.78. The van der Waals surface area contributed by atoms with E-state index >= 15 is 0 Å². The predicted octanol–water partition coefficient (Wildman–Crippen LogP) is 1.47. The average molecular weight is 430 g/mol. The summed E-state index contributed by atoms with van der Waals surface area (Å²) in [6.45, 7) is 4.21. The molecule has 0 spiro atoms. The van der Waals surface area contributed by atoms with Crippen molar-refractivity contribution >= 4 is 10.0 Å². The number of ether oxygens (including phenoxy) is 1. The van der Waals surface area contributed by atoms with E-state index in [0.717, 1.165) is 0 Å². The van der Waals surface area contributed by atoms with Gasteiger partial charge in [-0.15, -0.1) is 0 Å². The van der Waals surface area contributed by atoms with Crippen LogP contribution < -0.4 is 10.1 Å². The van der Waals surface area contributed by atoms with Gasteiger partial charge in [-0.25, -0.2) is 13.4 Å². The molecule has 1 aromatic carbocycles. The maximum atomic E-state index is 13.4. The number of fused-ring (bicyclic) bond motifs is 1. The van der Waals surface area contributed by atoms with Gasteiger partial charge in [-0.1, -0.05) is 18.9 Å². The van der Waals surface area contributed by atoms with Gasteiger partial charge in [0, 0.05) is 36.8 Å². The molecule has 0 radical (unpaired) electrons. The Hall–Kier alpha value is -2.44. The van der Waals surface area contributed by atoms with E-state index in [2.05, 4.69) is 22.1 Å². The largest absolute Gasteiger partial charge is 0.487 e. The van der Waals surface area contributed by atoms with Gasteiger partial charge in [0.05, 0.1) is 6.61 Å². The van der Waals surface area contributed by atoms with Gasteiger partial charge in [0.2, 0.25) is 10.0 Å². The molecule has 0 fully saturated rings. The van der Waals surface area contributed by atoms with Crippen LogP contribution in [0.3, 0.4) is 0 Å². The van der Waals surface area contributed by atoms with Crippen molar-refractivity contribution in [2.45, 2.75) is 30.9 Å². The van der Waals surface area contributed by atoms with Crippen LogP contribution in [0, 0.1) is 17.8 Å². The fraction of sp³-hybridized carbons (Fsp3) is 0.409. The lowest BCUT2D eigenvalue weighted by Crippen LogP contribution is -2.49. The molecular formula is C22H27N3O4S. The van der Waals surface area contributed by atoms with Crippen LogP contribution in [0.2, 0.25) is 0 Å². The molecule has 0 unspecified atom stereocenters. The number of aliphatic hydroxyl groups excluding tert-OH is 1. The molecule has 8 heteroatoms. The van der Waals surface area contributed by atoms with Gasteiger partial charge < -0.3 is 15.2 Å². The first-order chi connectivity index (χ1) is 14.4. The second-order valence-corrected chi connectivity index (χ2v) is 9.28. The van der Waals surface area contributed by atoms with Crippen LogP contribution in [-0.4, -0.2) is 61.7 Å². The number of pyridine rings is 1. The summed E-state index contributed by atoms with van der Waals surface area (Å²) in [4.78, 5) is 4.26. The maximum Gasteiger partial charge on any atom is 0.247 e. The molecule has 0 aliphatic carbocycles. The van der Waals surface area contributed by atoms with E-state index in [-0.39, 0.29) is 35.8 Å². The second-order valence-electron chi connectivity index (χ2n) is 7.42. The SMILES string of the molecule is CNC[C@H]1Oc2cc(C#Cc3ccccn3)ccc2S(=O)(=O)N([C@H](C)CO)C[C@H]1C. The zero-order valence-corrected chi connectivity index (χ0v) is 18.2. The third kappa shape index (κ3) is 4.82. The quantitative estimate of drug-likeness (QED) is 0.716. The van der Waals surface area contributed by atoms with Crippen molar-refractivity contribution in [2.24, 2.45) is 5.92 Å². The zero-order valence-electron chi connectivity index (χ0n) is 17.4.